The summed E-state index contributed by atoms with van der Waals surface area (Å²) in [5, 5.41) is 10.5. The van der Waals surface area contributed by atoms with Gasteiger partial charge in [-0.1, -0.05) is 25.4 Å². The molecule has 1 unspecified atom stereocenters. The molecular weight excluding hydrogens is 422 g/mol. The molecule has 0 aliphatic heterocycles. The van der Waals surface area contributed by atoms with Gasteiger partial charge in [-0.05, 0) is 30.5 Å². The number of nitro benzene ring substituents is 1. The van der Waals surface area contributed by atoms with Crippen molar-refractivity contribution in [3.05, 3.63) is 56.6 Å². The van der Waals surface area contributed by atoms with Gasteiger partial charge in [-0.15, -0.1) is 0 Å². The first-order valence-electron chi connectivity index (χ1n) is 8.05. The van der Waals surface area contributed by atoms with Gasteiger partial charge in [0.1, 0.15) is 16.8 Å². The highest BCUT2D eigenvalue weighted by molar-refractivity contribution is 7.47. The summed E-state index contributed by atoms with van der Waals surface area (Å²) in [5.41, 5.74) is -1.11. The predicted molar refractivity (Wildman–Crippen MR) is 99.2 cm³/mol. The highest BCUT2D eigenvalue weighted by Crippen LogP contribution is 2.40. The maximum Gasteiger partial charge on any atom is 0.416 e. The Balaban J connectivity index is 2.59. The Labute approximate surface area is 163 Å². The molecule has 0 saturated heterocycles. The van der Waals surface area contributed by atoms with Crippen LogP contribution in [-0.4, -0.2) is 9.82 Å². The van der Waals surface area contributed by atoms with Gasteiger partial charge in [-0.3, -0.25) is 14.7 Å². The van der Waals surface area contributed by atoms with Crippen LogP contribution in [0.1, 0.15) is 37.3 Å². The SMILES string of the molecule is CC[C@H](C)c1cc([N+](=O)[O-])c([PH](=O)O)cc1Oc1ccc(C(F)(F)F)cc1Cl. The van der Waals surface area contributed by atoms with E-state index < -0.39 is 35.7 Å². The van der Waals surface area contributed by atoms with Crippen LogP contribution < -0.4 is 10.0 Å². The van der Waals surface area contributed by atoms with E-state index in [1.165, 1.54) is 0 Å². The van der Waals surface area contributed by atoms with Crippen LogP contribution in [0.25, 0.3) is 0 Å². The Hall–Kier alpha value is -2.09. The van der Waals surface area contributed by atoms with Gasteiger partial charge in [0.2, 0.25) is 8.03 Å². The third-order valence-electron chi connectivity index (χ3n) is 4.18. The number of hydrogen-bond acceptors (Lipinski definition) is 4. The molecule has 0 amide bonds. The summed E-state index contributed by atoms with van der Waals surface area (Å²) in [4.78, 5) is 19.9. The van der Waals surface area contributed by atoms with Crippen LogP contribution >= 0.6 is 19.6 Å². The van der Waals surface area contributed by atoms with E-state index in [0.29, 0.717) is 18.1 Å². The average molecular weight is 438 g/mol. The molecule has 0 aliphatic rings. The monoisotopic (exact) mass is 437 g/mol. The number of halogens is 4. The zero-order chi connectivity index (χ0) is 21.2. The zero-order valence-corrected chi connectivity index (χ0v) is 16.5. The molecule has 0 heterocycles. The van der Waals surface area contributed by atoms with Gasteiger partial charge in [0, 0.05) is 17.7 Å². The van der Waals surface area contributed by atoms with Gasteiger partial charge >= 0.3 is 6.18 Å². The van der Waals surface area contributed by atoms with Gasteiger partial charge in [0.25, 0.3) is 5.69 Å². The molecule has 0 saturated carbocycles. The lowest BCUT2D eigenvalue weighted by Crippen LogP contribution is -2.09. The van der Waals surface area contributed by atoms with E-state index in [1.807, 2.05) is 6.92 Å². The van der Waals surface area contributed by atoms with E-state index in [1.54, 1.807) is 6.92 Å². The Morgan fingerprint density at radius 2 is 1.93 bits per heavy atom. The Kier molecular flexibility index (Phi) is 6.75. The number of benzene rings is 2. The van der Waals surface area contributed by atoms with Gasteiger partial charge in [0.15, 0.2) is 0 Å². The van der Waals surface area contributed by atoms with Crippen molar-refractivity contribution in [3.8, 4) is 11.5 Å². The van der Waals surface area contributed by atoms with Gasteiger partial charge < -0.3 is 9.63 Å². The van der Waals surface area contributed by atoms with Gasteiger partial charge in [0.05, 0.1) is 15.5 Å². The number of ether oxygens (including phenoxy) is 1. The van der Waals surface area contributed by atoms with E-state index in [4.69, 9.17) is 16.3 Å². The molecule has 2 rings (SSSR count). The second-order valence-electron chi connectivity index (χ2n) is 6.02. The first-order valence-corrected chi connectivity index (χ1v) is 9.79. The quantitative estimate of drug-likeness (QED) is 0.357. The molecule has 6 nitrogen and oxygen atoms in total. The largest absolute Gasteiger partial charge is 0.455 e. The first-order chi connectivity index (χ1) is 13.0. The van der Waals surface area contributed by atoms with Crippen LogP contribution in [0.2, 0.25) is 5.02 Å². The van der Waals surface area contributed by atoms with Crippen molar-refractivity contribution in [1.29, 1.82) is 0 Å². The van der Waals surface area contributed by atoms with Crippen molar-refractivity contribution in [3.63, 3.8) is 0 Å². The van der Waals surface area contributed by atoms with Gasteiger partial charge in [-0.2, -0.15) is 13.2 Å². The van der Waals surface area contributed by atoms with Crippen molar-refractivity contribution >= 4 is 30.6 Å². The maximum absolute atomic E-state index is 12.8. The molecule has 0 spiro atoms. The number of hydrogen-bond donors (Lipinski definition) is 1. The summed E-state index contributed by atoms with van der Waals surface area (Å²) in [6.07, 6.45) is -4.01. The normalized spacial score (nSPS) is 13.8. The molecule has 1 N–H and O–H groups in total. The number of rotatable bonds is 6. The fourth-order valence-electron chi connectivity index (χ4n) is 2.48. The van der Waals surface area contributed by atoms with Crippen molar-refractivity contribution in [2.45, 2.75) is 32.4 Å². The Morgan fingerprint density at radius 3 is 2.39 bits per heavy atom. The summed E-state index contributed by atoms with van der Waals surface area (Å²) in [6.45, 7) is 3.59. The predicted octanol–water partition coefficient (Wildman–Crippen LogP) is 5.67. The van der Waals surface area contributed by atoms with Crippen molar-refractivity contribution in [1.82, 2.24) is 0 Å². The Morgan fingerprint density at radius 1 is 1.29 bits per heavy atom. The molecule has 0 aliphatic carbocycles. The maximum atomic E-state index is 12.8. The molecule has 0 radical (unpaired) electrons. The fourth-order valence-corrected chi connectivity index (χ4v) is 3.33. The molecule has 2 aromatic rings. The summed E-state index contributed by atoms with van der Waals surface area (Å²) in [7, 11) is -3.44. The van der Waals surface area contributed by atoms with Crippen LogP contribution in [0.15, 0.2) is 30.3 Å². The topological polar surface area (TPSA) is 89.7 Å². The van der Waals surface area contributed by atoms with Gasteiger partial charge in [-0.25, -0.2) is 0 Å². The van der Waals surface area contributed by atoms with Crippen molar-refractivity contribution in [2.24, 2.45) is 0 Å². The van der Waals surface area contributed by atoms with E-state index in [9.17, 15) is 32.7 Å². The lowest BCUT2D eigenvalue weighted by Gasteiger charge is -2.18. The minimum absolute atomic E-state index is 0.0176. The summed E-state index contributed by atoms with van der Waals surface area (Å²) in [5.74, 6) is -0.322. The van der Waals surface area contributed by atoms with E-state index >= 15 is 0 Å². The summed E-state index contributed by atoms with van der Waals surface area (Å²) in [6, 6.07) is 4.71. The standard InChI is InChI=1S/C17H16ClF3NO5P/c1-3-9(2)11-7-13(22(23)24)16(28(25)26)8-15(11)27-14-5-4-10(6-12(14)18)17(19,20)21/h4-9,28H,3H2,1-2H3,(H,25,26)/t9-/m0/s1. The highest BCUT2D eigenvalue weighted by atomic mass is 35.5. The molecule has 28 heavy (non-hydrogen) atoms. The number of nitro groups is 1. The van der Waals surface area contributed by atoms with Crippen LogP contribution in [-0.2, 0) is 10.7 Å². The van der Waals surface area contributed by atoms with Crippen molar-refractivity contribution < 1.29 is 32.3 Å². The van der Waals surface area contributed by atoms with Crippen molar-refractivity contribution in [2.75, 3.05) is 0 Å². The molecule has 0 fully saturated rings. The Bertz CT molecular complexity index is 936. The highest BCUT2D eigenvalue weighted by Gasteiger charge is 2.31. The number of nitrogens with zero attached hydrogens (tertiary/aromatic N) is 1. The number of alkyl halides is 3. The van der Waals surface area contributed by atoms with Crippen LogP contribution in [0.5, 0.6) is 11.5 Å². The minimum Gasteiger partial charge on any atom is -0.455 e. The second kappa shape index (κ2) is 8.51. The molecule has 2 atom stereocenters. The van der Waals surface area contributed by atoms with E-state index in [-0.39, 0.29) is 22.4 Å². The van der Waals surface area contributed by atoms with E-state index in [2.05, 4.69) is 0 Å². The molecule has 0 aromatic heterocycles. The molecule has 2 aromatic carbocycles. The first kappa shape index (κ1) is 22.2. The van der Waals surface area contributed by atoms with Crippen LogP contribution in [0.4, 0.5) is 18.9 Å². The smallest absolute Gasteiger partial charge is 0.416 e. The average Bonchev–Trinajstić information content (AvgIpc) is 2.61. The molecule has 152 valence electrons. The molecule has 0 bridgehead atoms. The van der Waals surface area contributed by atoms with Crippen LogP contribution in [0.3, 0.4) is 0 Å². The lowest BCUT2D eigenvalue weighted by molar-refractivity contribution is -0.383. The molecule has 11 heteroatoms. The molecular formula is C17H16ClF3NO5P. The second-order valence-corrected chi connectivity index (χ2v) is 7.58. The lowest BCUT2D eigenvalue weighted by atomic mass is 9.97. The zero-order valence-electron chi connectivity index (χ0n) is 14.7. The van der Waals surface area contributed by atoms with E-state index in [0.717, 1.165) is 24.3 Å². The third-order valence-corrected chi connectivity index (χ3v) is 5.33. The fraction of sp³-hybridized carbons (Fsp3) is 0.294. The summed E-state index contributed by atoms with van der Waals surface area (Å²) < 4.78 is 55.5. The van der Waals surface area contributed by atoms with Crippen LogP contribution in [0, 0.1) is 10.1 Å². The third kappa shape index (κ3) is 4.84. The summed E-state index contributed by atoms with van der Waals surface area (Å²) >= 11 is 5.90. The minimum atomic E-state index is -4.58.